The van der Waals surface area contributed by atoms with E-state index < -0.39 is 0 Å². The van der Waals surface area contributed by atoms with Crippen LogP contribution < -0.4 is 5.32 Å². The maximum atomic E-state index is 5.86. The molecule has 1 N–H and O–H groups in total. The van der Waals surface area contributed by atoms with Crippen molar-refractivity contribution in [1.82, 2.24) is 10.3 Å². The van der Waals surface area contributed by atoms with Crippen molar-refractivity contribution in [1.29, 1.82) is 0 Å². The van der Waals surface area contributed by atoms with E-state index in [0.717, 1.165) is 43.8 Å². The zero-order valence-corrected chi connectivity index (χ0v) is 11.7. The fourth-order valence-corrected chi connectivity index (χ4v) is 2.50. The minimum atomic E-state index is 0.0515. The Morgan fingerprint density at radius 1 is 1.50 bits per heavy atom. The van der Waals surface area contributed by atoms with Gasteiger partial charge in [-0.3, -0.25) is 4.98 Å². The maximum absolute atomic E-state index is 5.86. The van der Waals surface area contributed by atoms with Crippen molar-refractivity contribution in [2.24, 2.45) is 0 Å². The fourth-order valence-electron chi connectivity index (χ4n) is 2.50. The third kappa shape index (κ3) is 3.53. The molecule has 0 spiro atoms. The molecule has 0 amide bonds. The van der Waals surface area contributed by atoms with Gasteiger partial charge in [0.25, 0.3) is 0 Å². The van der Waals surface area contributed by atoms with Gasteiger partial charge in [-0.25, -0.2) is 0 Å². The molecule has 3 heteroatoms. The summed E-state index contributed by atoms with van der Waals surface area (Å²) in [5.41, 5.74) is 2.26. The van der Waals surface area contributed by atoms with E-state index in [0.29, 0.717) is 6.04 Å². The number of aryl methyl sites for hydroxylation is 1. The van der Waals surface area contributed by atoms with Gasteiger partial charge in [-0.15, -0.1) is 0 Å². The monoisotopic (exact) mass is 248 g/mol. The Labute approximate surface area is 110 Å². The second-order valence-electron chi connectivity index (χ2n) is 5.49. The number of hydrogen-bond donors (Lipinski definition) is 1. The Bertz CT molecular complexity index is 394. The van der Waals surface area contributed by atoms with Gasteiger partial charge in [0, 0.05) is 24.9 Å². The minimum absolute atomic E-state index is 0.0515. The van der Waals surface area contributed by atoms with Gasteiger partial charge in [-0.1, -0.05) is 13.0 Å². The van der Waals surface area contributed by atoms with Crippen molar-refractivity contribution in [2.75, 3.05) is 6.61 Å². The Hall–Kier alpha value is -0.930. The van der Waals surface area contributed by atoms with Crippen LogP contribution in [0.5, 0.6) is 0 Å². The lowest BCUT2D eigenvalue weighted by molar-refractivity contribution is -0.0781. The SMILES string of the molecule is CCC1(C)CC(NCc2cccc(C)n2)CCO1. The quantitative estimate of drug-likeness (QED) is 0.889. The van der Waals surface area contributed by atoms with Crippen molar-refractivity contribution in [3.8, 4) is 0 Å². The van der Waals surface area contributed by atoms with Gasteiger partial charge < -0.3 is 10.1 Å². The first-order valence-corrected chi connectivity index (χ1v) is 6.91. The zero-order chi connectivity index (χ0) is 13.0. The molecule has 0 bridgehead atoms. The van der Waals surface area contributed by atoms with E-state index in [9.17, 15) is 0 Å². The number of pyridine rings is 1. The molecule has 100 valence electrons. The molecule has 1 aromatic heterocycles. The second-order valence-corrected chi connectivity index (χ2v) is 5.49. The molecule has 1 saturated heterocycles. The minimum Gasteiger partial charge on any atom is -0.375 e. The van der Waals surface area contributed by atoms with E-state index in [1.165, 1.54) is 0 Å². The molecule has 0 aromatic carbocycles. The molecule has 1 fully saturated rings. The molecule has 2 unspecified atom stereocenters. The molecule has 1 aromatic rings. The van der Waals surface area contributed by atoms with Gasteiger partial charge in [0.1, 0.15) is 0 Å². The Morgan fingerprint density at radius 2 is 2.33 bits per heavy atom. The van der Waals surface area contributed by atoms with Crippen LogP contribution in [-0.2, 0) is 11.3 Å². The summed E-state index contributed by atoms with van der Waals surface area (Å²) in [6.07, 6.45) is 3.27. The summed E-state index contributed by atoms with van der Waals surface area (Å²) in [6.45, 7) is 8.16. The first-order chi connectivity index (χ1) is 8.61. The van der Waals surface area contributed by atoms with Gasteiger partial charge in [-0.05, 0) is 45.2 Å². The van der Waals surface area contributed by atoms with Crippen LogP contribution in [0.15, 0.2) is 18.2 Å². The van der Waals surface area contributed by atoms with E-state index >= 15 is 0 Å². The zero-order valence-electron chi connectivity index (χ0n) is 11.7. The third-order valence-corrected chi connectivity index (χ3v) is 3.86. The lowest BCUT2D eigenvalue weighted by Gasteiger charge is -2.38. The summed E-state index contributed by atoms with van der Waals surface area (Å²) in [4.78, 5) is 4.52. The van der Waals surface area contributed by atoms with Crippen LogP contribution >= 0.6 is 0 Å². The van der Waals surface area contributed by atoms with Crippen LogP contribution in [0.25, 0.3) is 0 Å². The summed E-state index contributed by atoms with van der Waals surface area (Å²) in [5, 5.41) is 3.61. The van der Waals surface area contributed by atoms with Gasteiger partial charge in [0.05, 0.1) is 11.3 Å². The van der Waals surface area contributed by atoms with Crippen molar-refractivity contribution in [3.63, 3.8) is 0 Å². The predicted molar refractivity (Wildman–Crippen MR) is 73.5 cm³/mol. The molecule has 0 saturated carbocycles. The summed E-state index contributed by atoms with van der Waals surface area (Å²) in [7, 11) is 0. The maximum Gasteiger partial charge on any atom is 0.0666 e. The molecule has 1 aliphatic heterocycles. The van der Waals surface area contributed by atoms with E-state index in [1.54, 1.807) is 0 Å². The number of ether oxygens (including phenoxy) is 1. The standard InChI is InChI=1S/C15H24N2O/c1-4-15(3)10-13(8-9-18-15)16-11-14-7-5-6-12(2)17-14/h5-7,13,16H,4,8-11H2,1-3H3. The van der Waals surface area contributed by atoms with Crippen LogP contribution in [0, 0.1) is 6.92 Å². The molecule has 0 aliphatic carbocycles. The number of rotatable bonds is 4. The summed E-state index contributed by atoms with van der Waals surface area (Å²) < 4.78 is 5.86. The molecular weight excluding hydrogens is 224 g/mol. The molecule has 3 nitrogen and oxygen atoms in total. The number of aromatic nitrogens is 1. The van der Waals surface area contributed by atoms with Crippen molar-refractivity contribution >= 4 is 0 Å². The number of hydrogen-bond acceptors (Lipinski definition) is 3. The van der Waals surface area contributed by atoms with Crippen LogP contribution in [0.4, 0.5) is 0 Å². The van der Waals surface area contributed by atoms with Gasteiger partial charge in [-0.2, -0.15) is 0 Å². The molecule has 2 atom stereocenters. The van der Waals surface area contributed by atoms with Gasteiger partial charge in [0.15, 0.2) is 0 Å². The first-order valence-electron chi connectivity index (χ1n) is 6.91. The van der Waals surface area contributed by atoms with E-state index in [2.05, 4.69) is 36.3 Å². The summed E-state index contributed by atoms with van der Waals surface area (Å²) >= 11 is 0. The molecule has 2 rings (SSSR count). The Balaban J connectivity index is 1.87. The van der Waals surface area contributed by atoms with Crippen LogP contribution in [0.3, 0.4) is 0 Å². The highest BCUT2D eigenvalue weighted by Crippen LogP contribution is 2.27. The van der Waals surface area contributed by atoms with Crippen molar-refractivity contribution < 1.29 is 4.74 Å². The van der Waals surface area contributed by atoms with Crippen LogP contribution in [-0.4, -0.2) is 23.2 Å². The summed E-state index contributed by atoms with van der Waals surface area (Å²) in [6, 6.07) is 6.73. The molecule has 1 aliphatic rings. The molecular formula is C15H24N2O. The summed E-state index contributed by atoms with van der Waals surface area (Å²) in [5.74, 6) is 0. The fraction of sp³-hybridized carbons (Fsp3) is 0.667. The average molecular weight is 248 g/mol. The number of nitrogens with zero attached hydrogens (tertiary/aromatic N) is 1. The lowest BCUT2D eigenvalue weighted by Crippen LogP contribution is -2.44. The van der Waals surface area contributed by atoms with Crippen molar-refractivity contribution in [3.05, 3.63) is 29.6 Å². The molecule has 2 heterocycles. The van der Waals surface area contributed by atoms with Crippen LogP contribution in [0.1, 0.15) is 44.5 Å². The topological polar surface area (TPSA) is 34.2 Å². The van der Waals surface area contributed by atoms with Gasteiger partial charge in [0.2, 0.25) is 0 Å². The average Bonchev–Trinajstić information content (AvgIpc) is 2.37. The highest BCUT2D eigenvalue weighted by Gasteiger charge is 2.31. The van der Waals surface area contributed by atoms with Crippen molar-refractivity contribution in [2.45, 2.75) is 58.2 Å². The molecule has 0 radical (unpaired) electrons. The number of nitrogens with one attached hydrogen (secondary N) is 1. The second kappa shape index (κ2) is 5.81. The first kappa shape index (κ1) is 13.5. The Kier molecular flexibility index (Phi) is 4.36. The van der Waals surface area contributed by atoms with Gasteiger partial charge >= 0.3 is 0 Å². The van der Waals surface area contributed by atoms with E-state index in [-0.39, 0.29) is 5.60 Å². The largest absolute Gasteiger partial charge is 0.375 e. The van der Waals surface area contributed by atoms with E-state index in [1.807, 2.05) is 13.0 Å². The lowest BCUT2D eigenvalue weighted by atomic mass is 9.90. The molecule has 18 heavy (non-hydrogen) atoms. The predicted octanol–water partition coefficient (Wildman–Crippen LogP) is 2.83. The highest BCUT2D eigenvalue weighted by atomic mass is 16.5. The van der Waals surface area contributed by atoms with E-state index in [4.69, 9.17) is 4.74 Å². The third-order valence-electron chi connectivity index (χ3n) is 3.86. The Morgan fingerprint density at radius 3 is 3.06 bits per heavy atom. The van der Waals surface area contributed by atoms with Crippen LogP contribution in [0.2, 0.25) is 0 Å². The smallest absolute Gasteiger partial charge is 0.0666 e. The normalized spacial score (nSPS) is 28.3. The highest BCUT2D eigenvalue weighted by molar-refractivity contribution is 5.09.